The third-order valence-corrected chi connectivity index (χ3v) is 6.54. The van der Waals surface area contributed by atoms with Gasteiger partial charge < -0.3 is 20.3 Å². The zero-order chi connectivity index (χ0) is 27.3. The Morgan fingerprint density at radius 3 is 2.30 bits per heavy atom. The molecule has 196 valence electrons. The lowest BCUT2D eigenvalue weighted by Gasteiger charge is -2.35. The Morgan fingerprint density at radius 2 is 1.78 bits per heavy atom. The Labute approximate surface area is 224 Å². The summed E-state index contributed by atoms with van der Waals surface area (Å²) in [5.74, 6) is 2.06. The molecule has 1 fully saturated rings. The van der Waals surface area contributed by atoms with E-state index in [0.717, 1.165) is 12.0 Å². The highest BCUT2D eigenvalue weighted by molar-refractivity contribution is 7.80. The van der Waals surface area contributed by atoms with E-state index in [1.165, 1.54) is 0 Å². The fraction of sp³-hybridized carbons (Fsp3) is 0.414. The molecule has 0 heterocycles. The van der Waals surface area contributed by atoms with Gasteiger partial charge in [-0.1, -0.05) is 43.2 Å². The molecule has 37 heavy (non-hydrogen) atoms. The monoisotopic (exact) mass is 521 g/mol. The number of anilines is 1. The zero-order valence-electron chi connectivity index (χ0n) is 21.9. The fourth-order valence-electron chi connectivity index (χ4n) is 4.10. The maximum Gasteiger partial charge on any atom is 0.408 e. The zero-order valence-corrected chi connectivity index (χ0v) is 22.8. The summed E-state index contributed by atoms with van der Waals surface area (Å²) >= 11 is 4.33. The molecule has 8 heteroatoms. The van der Waals surface area contributed by atoms with Crippen LogP contribution in [0.2, 0.25) is 0 Å². The molecular weight excluding hydrogens is 486 g/mol. The van der Waals surface area contributed by atoms with Crippen LogP contribution in [0.5, 0.6) is 0 Å². The summed E-state index contributed by atoms with van der Waals surface area (Å²) in [4.78, 5) is 41.9. The number of carbonyl (C=O) groups is 3. The van der Waals surface area contributed by atoms with Gasteiger partial charge in [-0.2, -0.15) is 12.6 Å². The number of thiol groups is 1. The van der Waals surface area contributed by atoms with Crippen LogP contribution in [-0.2, 0) is 14.3 Å². The van der Waals surface area contributed by atoms with Crippen molar-refractivity contribution in [2.45, 2.75) is 64.8 Å². The molecule has 2 aromatic carbocycles. The van der Waals surface area contributed by atoms with E-state index in [1.807, 2.05) is 38.1 Å². The lowest BCUT2D eigenvalue weighted by Crippen LogP contribution is -2.54. The summed E-state index contributed by atoms with van der Waals surface area (Å²) < 4.78 is 5.35. The Hall–Kier alpha value is -3.44. The molecular formula is C29H35N3O4S. The first-order valence-electron chi connectivity index (χ1n) is 12.3. The quantitative estimate of drug-likeness (QED) is 0.347. The van der Waals surface area contributed by atoms with Gasteiger partial charge in [0.05, 0.1) is 0 Å². The van der Waals surface area contributed by atoms with Crippen molar-refractivity contribution in [1.29, 1.82) is 0 Å². The lowest BCUT2D eigenvalue weighted by molar-refractivity contribution is -0.141. The van der Waals surface area contributed by atoms with E-state index < -0.39 is 29.7 Å². The second-order valence-corrected chi connectivity index (χ2v) is 10.7. The molecule has 2 N–H and O–H groups in total. The molecule has 1 saturated carbocycles. The van der Waals surface area contributed by atoms with E-state index in [-0.39, 0.29) is 23.6 Å². The molecule has 0 radical (unpaired) electrons. The maximum atomic E-state index is 14.0. The third kappa shape index (κ3) is 7.30. The predicted octanol–water partition coefficient (Wildman–Crippen LogP) is 4.72. The number of rotatable bonds is 8. The Kier molecular flexibility index (Phi) is 8.93. The molecule has 0 saturated heterocycles. The number of nitrogens with one attached hydrogen (secondary N) is 2. The summed E-state index contributed by atoms with van der Waals surface area (Å²) in [5.41, 5.74) is 2.11. The van der Waals surface area contributed by atoms with Gasteiger partial charge in [-0.3, -0.25) is 9.59 Å². The third-order valence-electron chi connectivity index (χ3n) is 6.17. The molecule has 0 aromatic heterocycles. The molecule has 1 aliphatic rings. The molecule has 3 amide bonds. The summed E-state index contributed by atoms with van der Waals surface area (Å²) in [6, 6.07) is 12.4. The van der Waals surface area contributed by atoms with Crippen LogP contribution in [0.3, 0.4) is 0 Å². The smallest absolute Gasteiger partial charge is 0.408 e. The minimum absolute atomic E-state index is 0.0395. The van der Waals surface area contributed by atoms with E-state index >= 15 is 0 Å². The first kappa shape index (κ1) is 28.1. The van der Waals surface area contributed by atoms with Crippen LogP contribution >= 0.6 is 12.6 Å². The van der Waals surface area contributed by atoms with Gasteiger partial charge in [0, 0.05) is 23.0 Å². The molecule has 4 unspecified atom stereocenters. The first-order valence-corrected chi connectivity index (χ1v) is 12.9. The standard InChI is InChI=1S/C29H35N3O4S/c1-7-20-12-14-21(15-13-20)25(26(33)30-22-11-9-8-10-18(22)2)32(24-16-19(24)3)27(34)23(17-37)31-28(35)36-29(4,5)6/h1,8-15,19,23-25,37H,16-17H2,2-6H3,(H,30,33)(H,31,35). The number of amides is 3. The minimum Gasteiger partial charge on any atom is -0.444 e. The molecule has 4 atom stereocenters. The number of hydrogen-bond donors (Lipinski definition) is 3. The summed E-state index contributed by atoms with van der Waals surface area (Å²) in [6.07, 6.45) is 5.56. The predicted molar refractivity (Wildman–Crippen MR) is 148 cm³/mol. The molecule has 7 nitrogen and oxygen atoms in total. The number of benzene rings is 2. The molecule has 0 bridgehead atoms. The summed E-state index contributed by atoms with van der Waals surface area (Å²) in [7, 11) is 0. The lowest BCUT2D eigenvalue weighted by atomic mass is 10.0. The molecule has 3 rings (SSSR count). The van der Waals surface area contributed by atoms with E-state index in [9.17, 15) is 14.4 Å². The molecule has 0 spiro atoms. The number of alkyl carbamates (subject to hydrolysis) is 1. The van der Waals surface area contributed by atoms with Gasteiger partial charge in [0.15, 0.2) is 0 Å². The number of carbonyl (C=O) groups excluding carboxylic acids is 3. The number of para-hydroxylation sites is 1. The SMILES string of the molecule is C#Cc1ccc(C(C(=O)Nc2ccccc2C)N(C(=O)C(CS)NC(=O)OC(C)(C)C)C2CC2C)cc1. The van der Waals surface area contributed by atoms with Crippen molar-refractivity contribution < 1.29 is 19.1 Å². The van der Waals surface area contributed by atoms with Crippen molar-refractivity contribution in [3.05, 3.63) is 65.2 Å². The van der Waals surface area contributed by atoms with Crippen molar-refractivity contribution in [3.63, 3.8) is 0 Å². The summed E-state index contributed by atoms with van der Waals surface area (Å²) in [5, 5.41) is 5.63. The van der Waals surface area contributed by atoms with Gasteiger partial charge in [-0.05, 0) is 69.4 Å². The van der Waals surface area contributed by atoms with Crippen molar-refractivity contribution in [3.8, 4) is 12.3 Å². The highest BCUT2D eigenvalue weighted by Crippen LogP contribution is 2.41. The van der Waals surface area contributed by atoms with Crippen LogP contribution in [0.25, 0.3) is 0 Å². The van der Waals surface area contributed by atoms with Gasteiger partial charge in [0.1, 0.15) is 17.7 Å². The van der Waals surface area contributed by atoms with Crippen LogP contribution in [0.1, 0.15) is 56.8 Å². The highest BCUT2D eigenvalue weighted by atomic mass is 32.1. The van der Waals surface area contributed by atoms with Crippen LogP contribution in [-0.4, -0.2) is 46.2 Å². The van der Waals surface area contributed by atoms with Gasteiger partial charge >= 0.3 is 6.09 Å². The van der Waals surface area contributed by atoms with Crippen molar-refractivity contribution in [2.24, 2.45) is 5.92 Å². The highest BCUT2D eigenvalue weighted by Gasteiger charge is 2.48. The average molecular weight is 522 g/mol. The van der Waals surface area contributed by atoms with Crippen LogP contribution in [0.15, 0.2) is 48.5 Å². The van der Waals surface area contributed by atoms with Crippen molar-refractivity contribution >= 4 is 36.2 Å². The number of ether oxygens (including phenoxy) is 1. The van der Waals surface area contributed by atoms with Crippen molar-refractivity contribution in [1.82, 2.24) is 10.2 Å². The second-order valence-electron chi connectivity index (χ2n) is 10.4. The van der Waals surface area contributed by atoms with Crippen LogP contribution in [0.4, 0.5) is 10.5 Å². The molecule has 2 aromatic rings. The maximum absolute atomic E-state index is 14.0. The molecule has 1 aliphatic carbocycles. The number of terminal acetylenes is 1. The van der Waals surface area contributed by atoms with E-state index in [0.29, 0.717) is 16.8 Å². The van der Waals surface area contributed by atoms with E-state index in [1.54, 1.807) is 49.9 Å². The Balaban J connectivity index is 2.00. The summed E-state index contributed by atoms with van der Waals surface area (Å²) in [6.45, 7) is 9.16. The Morgan fingerprint density at radius 1 is 1.16 bits per heavy atom. The van der Waals surface area contributed by atoms with Gasteiger partial charge in [-0.25, -0.2) is 4.79 Å². The average Bonchev–Trinajstić information content (AvgIpc) is 3.56. The minimum atomic E-state index is -0.982. The van der Waals surface area contributed by atoms with Crippen molar-refractivity contribution in [2.75, 3.05) is 11.1 Å². The van der Waals surface area contributed by atoms with Crippen LogP contribution < -0.4 is 10.6 Å². The fourth-order valence-corrected chi connectivity index (χ4v) is 4.35. The Bertz CT molecular complexity index is 1180. The number of nitrogens with zero attached hydrogens (tertiary/aromatic N) is 1. The molecule has 0 aliphatic heterocycles. The van der Waals surface area contributed by atoms with Gasteiger partial charge in [0.25, 0.3) is 5.91 Å². The largest absolute Gasteiger partial charge is 0.444 e. The normalized spacial score (nSPS) is 18.1. The topological polar surface area (TPSA) is 87.7 Å². The number of aryl methyl sites for hydroxylation is 1. The van der Waals surface area contributed by atoms with E-state index in [2.05, 4.69) is 29.2 Å². The van der Waals surface area contributed by atoms with Crippen LogP contribution in [0, 0.1) is 25.2 Å². The van der Waals surface area contributed by atoms with Gasteiger partial charge in [0.2, 0.25) is 5.91 Å². The second kappa shape index (κ2) is 11.7. The first-order chi connectivity index (χ1) is 17.4. The van der Waals surface area contributed by atoms with Gasteiger partial charge in [-0.15, -0.1) is 6.42 Å². The number of hydrogen-bond acceptors (Lipinski definition) is 5. The van der Waals surface area contributed by atoms with E-state index in [4.69, 9.17) is 11.2 Å².